The van der Waals surface area contributed by atoms with E-state index in [0.29, 0.717) is 18.0 Å². The summed E-state index contributed by atoms with van der Waals surface area (Å²) in [4.78, 5) is 18.4. The minimum absolute atomic E-state index is 0.142. The Bertz CT molecular complexity index is 785. The number of rotatable bonds is 5. The van der Waals surface area contributed by atoms with Gasteiger partial charge < -0.3 is 4.74 Å². The van der Waals surface area contributed by atoms with Gasteiger partial charge in [0, 0.05) is 24.4 Å². The van der Waals surface area contributed by atoms with E-state index < -0.39 is 0 Å². The molecule has 2 heterocycles. The van der Waals surface area contributed by atoms with E-state index in [1.54, 1.807) is 11.8 Å². The van der Waals surface area contributed by atoms with E-state index in [1.165, 1.54) is 12.7 Å². The van der Waals surface area contributed by atoms with Crippen LogP contribution in [0.4, 0.5) is 0 Å². The van der Waals surface area contributed by atoms with E-state index in [9.17, 15) is 4.79 Å². The monoisotopic (exact) mass is 378 g/mol. The van der Waals surface area contributed by atoms with Crippen LogP contribution in [0.5, 0.6) is 0 Å². The maximum absolute atomic E-state index is 11.8. The van der Waals surface area contributed by atoms with Crippen molar-refractivity contribution in [3.63, 3.8) is 0 Å². The molecule has 1 aromatic carbocycles. The van der Waals surface area contributed by atoms with Crippen molar-refractivity contribution in [3.8, 4) is 11.4 Å². The Morgan fingerprint density at radius 2 is 2.20 bits per heavy atom. The summed E-state index contributed by atoms with van der Waals surface area (Å²) in [7, 11) is 1.43. The number of aryl methyl sites for hydroxylation is 1. The van der Waals surface area contributed by atoms with Gasteiger partial charge in [-0.05, 0) is 24.2 Å². The van der Waals surface area contributed by atoms with E-state index in [4.69, 9.17) is 17.0 Å². The largest absolute Gasteiger partial charge is 0.468 e. The lowest BCUT2D eigenvalue weighted by Gasteiger charge is -2.30. The minimum atomic E-state index is -0.167. The number of nitrogens with one attached hydrogen (secondary N) is 1. The van der Waals surface area contributed by atoms with Crippen LogP contribution in [-0.2, 0) is 22.6 Å². The van der Waals surface area contributed by atoms with Gasteiger partial charge in [-0.15, -0.1) is 11.8 Å². The zero-order valence-electron chi connectivity index (χ0n) is 14.4. The average molecular weight is 379 g/mol. The molecule has 1 N–H and O–H groups in total. The molecule has 134 valence electrons. The Kier molecular flexibility index (Phi) is 5.93. The van der Waals surface area contributed by atoms with Crippen molar-refractivity contribution in [2.75, 3.05) is 26.0 Å². The number of benzene rings is 1. The van der Waals surface area contributed by atoms with E-state index >= 15 is 0 Å². The van der Waals surface area contributed by atoms with Crippen LogP contribution in [-0.4, -0.2) is 56.8 Å². The summed E-state index contributed by atoms with van der Waals surface area (Å²) in [6, 6.07) is 8.32. The summed E-state index contributed by atoms with van der Waals surface area (Å²) < 4.78 is 7.22. The average Bonchev–Trinajstić information content (AvgIpc) is 3.02. The predicted octanol–water partition coefficient (Wildman–Crippen LogP) is 2.72. The number of methoxy groups -OCH3 is 1. The molecule has 1 saturated heterocycles. The van der Waals surface area contributed by atoms with Crippen molar-refractivity contribution in [2.24, 2.45) is 0 Å². The van der Waals surface area contributed by atoms with Crippen LogP contribution in [0.15, 0.2) is 24.3 Å². The quantitative estimate of drug-likeness (QED) is 0.638. The standard InChI is InChI=1S/C17H22N4O2S2/c1-3-12-4-6-13(7-5-12)15-18-17(24)21(19-15)11-20-8-9-25-14(10-20)16(22)23-2/h4-7,14H,3,8-11H2,1-2H3,(H,18,19,24)/t14-/m0/s1. The van der Waals surface area contributed by atoms with Crippen LogP contribution < -0.4 is 0 Å². The normalized spacial score (nSPS) is 18.2. The first-order chi connectivity index (χ1) is 12.1. The molecule has 0 amide bonds. The summed E-state index contributed by atoms with van der Waals surface area (Å²) in [5.41, 5.74) is 2.31. The molecule has 3 rings (SSSR count). The molecule has 0 radical (unpaired) electrons. The van der Waals surface area contributed by atoms with Gasteiger partial charge in [-0.1, -0.05) is 31.2 Å². The van der Waals surface area contributed by atoms with Crippen LogP contribution >= 0.6 is 24.0 Å². The van der Waals surface area contributed by atoms with Gasteiger partial charge in [-0.3, -0.25) is 14.8 Å². The highest BCUT2D eigenvalue weighted by atomic mass is 32.2. The zero-order chi connectivity index (χ0) is 17.8. The third kappa shape index (κ3) is 4.31. The predicted molar refractivity (Wildman–Crippen MR) is 102 cm³/mol. The molecule has 1 fully saturated rings. The summed E-state index contributed by atoms with van der Waals surface area (Å²) in [6.45, 7) is 4.28. The molecule has 0 aliphatic carbocycles. The van der Waals surface area contributed by atoms with Crippen molar-refractivity contribution in [2.45, 2.75) is 25.3 Å². The highest BCUT2D eigenvalue weighted by molar-refractivity contribution is 8.00. The molecule has 1 atom stereocenters. The van der Waals surface area contributed by atoms with Gasteiger partial charge in [0.05, 0.1) is 13.8 Å². The van der Waals surface area contributed by atoms with E-state index in [-0.39, 0.29) is 11.2 Å². The fourth-order valence-electron chi connectivity index (χ4n) is 2.78. The SMILES string of the molecule is CCc1ccc(-c2nc(=S)n(CN3CCS[C@H](C(=O)OC)C3)[nH]2)cc1. The van der Waals surface area contributed by atoms with Crippen LogP contribution in [0.2, 0.25) is 0 Å². The molecule has 25 heavy (non-hydrogen) atoms. The maximum atomic E-state index is 11.8. The van der Waals surface area contributed by atoms with Crippen molar-refractivity contribution >= 4 is 29.9 Å². The van der Waals surface area contributed by atoms with Gasteiger partial charge in [0.1, 0.15) is 5.25 Å². The summed E-state index contributed by atoms with van der Waals surface area (Å²) in [5, 5.41) is 3.14. The lowest BCUT2D eigenvalue weighted by Crippen LogP contribution is -2.42. The molecule has 1 aliphatic rings. The number of esters is 1. The van der Waals surface area contributed by atoms with Crippen LogP contribution in [0.25, 0.3) is 11.4 Å². The van der Waals surface area contributed by atoms with Gasteiger partial charge in [-0.2, -0.15) is 4.98 Å². The highest BCUT2D eigenvalue weighted by Crippen LogP contribution is 2.21. The van der Waals surface area contributed by atoms with Crippen LogP contribution in [0.3, 0.4) is 0 Å². The minimum Gasteiger partial charge on any atom is -0.468 e. The number of hydrogen-bond acceptors (Lipinski definition) is 6. The topological polar surface area (TPSA) is 63.1 Å². The number of thioether (sulfide) groups is 1. The van der Waals surface area contributed by atoms with Gasteiger partial charge >= 0.3 is 5.97 Å². The second-order valence-corrected chi connectivity index (χ2v) is 7.61. The van der Waals surface area contributed by atoms with Gasteiger partial charge in [0.25, 0.3) is 0 Å². The lowest BCUT2D eigenvalue weighted by atomic mass is 10.1. The van der Waals surface area contributed by atoms with Crippen molar-refractivity contribution in [3.05, 3.63) is 34.6 Å². The smallest absolute Gasteiger partial charge is 0.320 e. The van der Waals surface area contributed by atoms with Gasteiger partial charge in [0.15, 0.2) is 5.82 Å². The van der Waals surface area contributed by atoms with Crippen LogP contribution in [0.1, 0.15) is 12.5 Å². The van der Waals surface area contributed by atoms with E-state index in [2.05, 4.69) is 46.2 Å². The zero-order valence-corrected chi connectivity index (χ0v) is 16.0. The first-order valence-corrected chi connectivity index (χ1v) is 9.74. The number of hydrogen-bond donors (Lipinski definition) is 1. The molecule has 8 heteroatoms. The van der Waals surface area contributed by atoms with E-state index in [0.717, 1.165) is 30.1 Å². The third-order valence-corrected chi connectivity index (χ3v) is 5.74. The fraction of sp³-hybridized carbons (Fsp3) is 0.471. The second kappa shape index (κ2) is 8.16. The molecule has 6 nitrogen and oxygen atoms in total. The van der Waals surface area contributed by atoms with Crippen molar-refractivity contribution in [1.82, 2.24) is 19.7 Å². The maximum Gasteiger partial charge on any atom is 0.320 e. The number of carbonyl (C=O) groups excluding carboxylic acids is 1. The van der Waals surface area contributed by atoms with Gasteiger partial charge in [0.2, 0.25) is 4.77 Å². The third-order valence-electron chi connectivity index (χ3n) is 4.27. The molecule has 1 aliphatic heterocycles. The van der Waals surface area contributed by atoms with Gasteiger partial charge in [-0.25, -0.2) is 4.68 Å². The number of carbonyl (C=O) groups is 1. The van der Waals surface area contributed by atoms with E-state index in [1.807, 2.05) is 4.68 Å². The number of aromatic nitrogens is 3. The fourth-order valence-corrected chi connectivity index (χ4v) is 4.18. The molecular formula is C17H22N4O2S2. The summed E-state index contributed by atoms with van der Waals surface area (Å²) in [5.74, 6) is 1.50. The first kappa shape index (κ1) is 18.2. The van der Waals surface area contributed by atoms with Crippen LogP contribution in [0, 0.1) is 4.77 Å². The number of H-pyrrole nitrogens is 1. The molecular weight excluding hydrogens is 356 g/mol. The second-order valence-electron chi connectivity index (χ2n) is 5.93. The van der Waals surface area contributed by atoms with Crippen molar-refractivity contribution < 1.29 is 9.53 Å². The number of ether oxygens (including phenoxy) is 1. The first-order valence-electron chi connectivity index (χ1n) is 8.28. The lowest BCUT2D eigenvalue weighted by molar-refractivity contribution is -0.140. The summed E-state index contributed by atoms with van der Waals surface area (Å²) in [6.07, 6.45) is 1.01. The molecule has 0 bridgehead atoms. The Morgan fingerprint density at radius 1 is 1.44 bits per heavy atom. The number of aromatic amines is 1. The Labute approximate surface area is 156 Å². The Morgan fingerprint density at radius 3 is 2.88 bits per heavy atom. The Hall–Kier alpha value is -1.64. The van der Waals surface area contributed by atoms with Crippen molar-refractivity contribution in [1.29, 1.82) is 0 Å². The molecule has 0 unspecified atom stereocenters. The summed E-state index contributed by atoms with van der Waals surface area (Å²) >= 11 is 7.03. The highest BCUT2D eigenvalue weighted by Gasteiger charge is 2.27. The molecule has 0 saturated carbocycles. The molecule has 2 aromatic rings. The molecule has 1 aromatic heterocycles. The Balaban J connectivity index is 1.72. The number of nitrogens with zero attached hydrogens (tertiary/aromatic N) is 3. The molecule has 0 spiro atoms.